The van der Waals surface area contributed by atoms with Crippen molar-refractivity contribution < 1.29 is 0 Å². The molecule has 0 nitrogen and oxygen atoms in total. The van der Waals surface area contributed by atoms with Crippen molar-refractivity contribution in [2.45, 2.75) is 11.2 Å². The minimum atomic E-state index is 0.759. The Balaban J connectivity index is 2.25. The number of rotatable bonds is 1. The first kappa shape index (κ1) is 4.38. The zero-order chi connectivity index (χ0) is 4.57. The zero-order valence-corrected chi connectivity index (χ0v) is 5.11. The Morgan fingerprint density at radius 3 is 2.33 bits per heavy atom. The predicted molar refractivity (Wildman–Crippen MR) is 31.0 cm³/mol. The lowest BCUT2D eigenvalue weighted by molar-refractivity contribution is 1.14. The molecule has 0 aromatic heterocycles. The fourth-order valence-electron chi connectivity index (χ4n) is 0.425. The first-order valence-electron chi connectivity index (χ1n) is 2.11. The van der Waals surface area contributed by atoms with Crippen molar-refractivity contribution in [3.05, 3.63) is 12.7 Å². The summed E-state index contributed by atoms with van der Waals surface area (Å²) >= 11 is 3.44. The first-order valence-corrected chi connectivity index (χ1v) is 3.03. The number of hydrogen-bond acceptors (Lipinski definition) is 0. The average Bonchev–Trinajstić information content (AvgIpc) is 2.19. The van der Waals surface area contributed by atoms with Gasteiger partial charge in [-0.3, -0.25) is 0 Å². The van der Waals surface area contributed by atoms with Crippen LogP contribution in [0.3, 0.4) is 0 Å². The summed E-state index contributed by atoms with van der Waals surface area (Å²) in [7, 11) is 0. The Bertz CT molecular complexity index is 68.3. The van der Waals surface area contributed by atoms with Gasteiger partial charge in [0.25, 0.3) is 0 Å². The van der Waals surface area contributed by atoms with Gasteiger partial charge < -0.3 is 0 Å². The van der Waals surface area contributed by atoms with Crippen LogP contribution < -0.4 is 0 Å². The van der Waals surface area contributed by atoms with Crippen molar-refractivity contribution >= 4 is 15.9 Å². The van der Waals surface area contributed by atoms with Crippen LogP contribution in [0.25, 0.3) is 0 Å². The predicted octanol–water partition coefficient (Wildman–Crippen LogP) is 1.96. The van der Waals surface area contributed by atoms with E-state index in [1.54, 1.807) is 0 Å². The quantitative estimate of drug-likeness (QED) is 0.392. The maximum Gasteiger partial charge on any atom is 0.0214 e. The number of halogens is 1. The van der Waals surface area contributed by atoms with E-state index < -0.39 is 0 Å². The van der Waals surface area contributed by atoms with Gasteiger partial charge in [-0.2, -0.15) is 0 Å². The Labute approximate surface area is 46.4 Å². The van der Waals surface area contributed by atoms with Gasteiger partial charge in [-0.05, 0) is 12.3 Å². The molecule has 1 aliphatic rings. The van der Waals surface area contributed by atoms with Gasteiger partial charge in [-0.1, -0.05) is 22.0 Å². The fraction of sp³-hybridized carbons (Fsp3) is 0.600. The molecule has 0 N–H and O–H groups in total. The third kappa shape index (κ3) is 0.648. The summed E-state index contributed by atoms with van der Waals surface area (Å²) in [6.45, 7) is 3.64. The van der Waals surface area contributed by atoms with Crippen molar-refractivity contribution in [1.82, 2.24) is 0 Å². The molecule has 34 valence electrons. The fourth-order valence-corrected chi connectivity index (χ4v) is 1.07. The molecule has 6 heavy (non-hydrogen) atoms. The molecule has 0 aliphatic heterocycles. The maximum atomic E-state index is 3.64. The van der Waals surface area contributed by atoms with Crippen LogP contribution in [-0.2, 0) is 0 Å². The molecule has 0 aromatic carbocycles. The highest BCUT2D eigenvalue weighted by Gasteiger charge is 2.30. The number of hydrogen-bond donors (Lipinski definition) is 0. The summed E-state index contributed by atoms with van der Waals surface area (Å²) in [4.78, 5) is 0.759. The lowest BCUT2D eigenvalue weighted by Crippen LogP contribution is -1.63. The summed E-state index contributed by atoms with van der Waals surface area (Å²) in [5, 5.41) is 0. The minimum Gasteiger partial charge on any atom is -0.103 e. The topological polar surface area (TPSA) is 0 Å². The molecule has 0 bridgehead atoms. The van der Waals surface area contributed by atoms with Crippen LogP contribution in [0.15, 0.2) is 12.7 Å². The molecule has 0 saturated heterocycles. The molecule has 1 saturated carbocycles. The van der Waals surface area contributed by atoms with Gasteiger partial charge in [0.05, 0.1) is 0 Å². The highest BCUT2D eigenvalue weighted by atomic mass is 79.9. The lowest BCUT2D eigenvalue weighted by Gasteiger charge is -1.70. The monoisotopic (exact) mass is 146 g/mol. The van der Waals surface area contributed by atoms with Crippen LogP contribution in [0.4, 0.5) is 0 Å². The Morgan fingerprint density at radius 2 is 2.33 bits per heavy atom. The SMILES string of the molecule is C=C[C@@H]1C[C@H]1Br. The van der Waals surface area contributed by atoms with Crippen molar-refractivity contribution in [2.75, 3.05) is 0 Å². The molecule has 0 heterocycles. The van der Waals surface area contributed by atoms with E-state index in [0.717, 1.165) is 10.7 Å². The van der Waals surface area contributed by atoms with Crippen molar-refractivity contribution in [3.63, 3.8) is 0 Å². The van der Waals surface area contributed by atoms with Crippen LogP contribution in [0, 0.1) is 5.92 Å². The van der Waals surface area contributed by atoms with Crippen molar-refractivity contribution in [3.8, 4) is 0 Å². The number of alkyl halides is 1. The molecular formula is C5H7Br. The van der Waals surface area contributed by atoms with Crippen LogP contribution in [0.1, 0.15) is 6.42 Å². The second-order valence-electron chi connectivity index (χ2n) is 1.65. The van der Waals surface area contributed by atoms with Crippen molar-refractivity contribution in [2.24, 2.45) is 5.92 Å². The molecule has 2 atom stereocenters. The molecule has 0 unspecified atom stereocenters. The minimum absolute atomic E-state index is 0.759. The van der Waals surface area contributed by atoms with Gasteiger partial charge in [0.2, 0.25) is 0 Å². The Morgan fingerprint density at radius 1 is 1.83 bits per heavy atom. The summed E-state index contributed by atoms with van der Waals surface area (Å²) in [5.74, 6) is 0.782. The third-order valence-corrected chi connectivity index (χ3v) is 2.11. The molecule has 0 spiro atoms. The van der Waals surface area contributed by atoms with Crippen LogP contribution >= 0.6 is 15.9 Å². The molecule has 0 aromatic rings. The van der Waals surface area contributed by atoms with E-state index >= 15 is 0 Å². The largest absolute Gasteiger partial charge is 0.103 e. The first-order chi connectivity index (χ1) is 2.84. The molecule has 1 heteroatoms. The van der Waals surface area contributed by atoms with E-state index in [-0.39, 0.29) is 0 Å². The third-order valence-electron chi connectivity index (χ3n) is 1.06. The zero-order valence-electron chi connectivity index (χ0n) is 3.52. The summed E-state index contributed by atoms with van der Waals surface area (Å²) < 4.78 is 0. The maximum absolute atomic E-state index is 3.64. The highest BCUT2D eigenvalue weighted by Crippen LogP contribution is 2.37. The standard InChI is InChI=1S/C5H7Br/c1-2-4-3-5(4)6/h2,4-5H,1,3H2/t4-,5-/m1/s1. The molecular weight excluding hydrogens is 140 g/mol. The van der Waals surface area contributed by atoms with Gasteiger partial charge in [-0.25, -0.2) is 0 Å². The average molecular weight is 147 g/mol. The number of allylic oxidation sites excluding steroid dienone is 1. The van der Waals surface area contributed by atoms with Gasteiger partial charge in [0.1, 0.15) is 0 Å². The Kier molecular flexibility index (Phi) is 1.00. The van der Waals surface area contributed by atoms with Gasteiger partial charge >= 0.3 is 0 Å². The smallest absolute Gasteiger partial charge is 0.0214 e. The van der Waals surface area contributed by atoms with E-state index in [1.165, 1.54) is 6.42 Å². The van der Waals surface area contributed by atoms with Crippen LogP contribution in [-0.4, -0.2) is 4.83 Å². The molecule has 0 radical (unpaired) electrons. The second kappa shape index (κ2) is 1.38. The normalized spacial score (nSPS) is 42.2. The van der Waals surface area contributed by atoms with Gasteiger partial charge in [-0.15, -0.1) is 6.58 Å². The van der Waals surface area contributed by atoms with Gasteiger partial charge in [0.15, 0.2) is 0 Å². The van der Waals surface area contributed by atoms with E-state index in [4.69, 9.17) is 0 Å². The van der Waals surface area contributed by atoms with E-state index in [1.807, 2.05) is 6.08 Å². The lowest BCUT2D eigenvalue weighted by atomic mass is 10.4. The van der Waals surface area contributed by atoms with E-state index in [9.17, 15) is 0 Å². The highest BCUT2D eigenvalue weighted by molar-refractivity contribution is 9.09. The van der Waals surface area contributed by atoms with E-state index in [2.05, 4.69) is 22.5 Å². The Hall–Kier alpha value is 0.220. The molecule has 1 fully saturated rings. The second-order valence-corrected chi connectivity index (χ2v) is 2.83. The molecule has 1 rings (SSSR count). The molecule has 0 amide bonds. The van der Waals surface area contributed by atoms with Crippen molar-refractivity contribution in [1.29, 1.82) is 0 Å². The summed E-state index contributed by atoms with van der Waals surface area (Å²) in [6.07, 6.45) is 3.29. The van der Waals surface area contributed by atoms with Crippen LogP contribution in [0.2, 0.25) is 0 Å². The van der Waals surface area contributed by atoms with E-state index in [0.29, 0.717) is 0 Å². The van der Waals surface area contributed by atoms with Crippen LogP contribution in [0.5, 0.6) is 0 Å². The van der Waals surface area contributed by atoms with Gasteiger partial charge in [0, 0.05) is 4.83 Å². The summed E-state index contributed by atoms with van der Waals surface area (Å²) in [6, 6.07) is 0. The molecule has 1 aliphatic carbocycles. The summed E-state index contributed by atoms with van der Waals surface area (Å²) in [5.41, 5.74) is 0.